The summed E-state index contributed by atoms with van der Waals surface area (Å²) < 4.78 is 44.3. The van der Waals surface area contributed by atoms with E-state index in [0.29, 0.717) is 136 Å². The number of rotatable bonds is 27. The van der Waals surface area contributed by atoms with Crippen molar-refractivity contribution in [3.63, 3.8) is 0 Å². The zero-order chi connectivity index (χ0) is 70.6. The maximum Gasteiger partial charge on any atom is 0.224 e. The van der Waals surface area contributed by atoms with Crippen molar-refractivity contribution >= 4 is 53.3 Å². The Morgan fingerprint density at radius 1 is 0.459 bits per heavy atom. The number of carbonyl (C=O) groups is 6. The van der Waals surface area contributed by atoms with Crippen LogP contribution in [0.4, 0.5) is 8.78 Å². The Hall–Kier alpha value is -8.99. The third-order valence-electron chi connectivity index (χ3n) is 18.9. The molecule has 3 aromatic carbocycles. The van der Waals surface area contributed by atoms with Crippen LogP contribution in [0.1, 0.15) is 198 Å². The molecule has 0 atom stereocenters. The summed E-state index contributed by atoms with van der Waals surface area (Å²) >= 11 is 0. The van der Waals surface area contributed by atoms with Crippen LogP contribution in [0.5, 0.6) is 17.5 Å². The number of ether oxygens (including phenoxy) is 3. The van der Waals surface area contributed by atoms with Crippen LogP contribution in [0, 0.1) is 23.7 Å². The van der Waals surface area contributed by atoms with Gasteiger partial charge in [0.05, 0.1) is 46.8 Å². The Morgan fingerprint density at radius 3 is 1.18 bits per heavy atom. The summed E-state index contributed by atoms with van der Waals surface area (Å²) in [7, 11) is 9.61. The number of hydrogen-bond donors (Lipinski definition) is 3. The van der Waals surface area contributed by atoms with E-state index in [2.05, 4.69) is 62.1 Å². The van der Waals surface area contributed by atoms with E-state index >= 15 is 0 Å². The van der Waals surface area contributed by atoms with Gasteiger partial charge in [0.15, 0.2) is 17.3 Å². The van der Waals surface area contributed by atoms with Crippen molar-refractivity contribution in [2.24, 2.45) is 23.7 Å². The molecule has 0 saturated heterocycles. The van der Waals surface area contributed by atoms with Gasteiger partial charge in [0.2, 0.25) is 29.5 Å². The molecule has 3 amide bonds. The van der Waals surface area contributed by atoms with Crippen molar-refractivity contribution in [2.45, 2.75) is 167 Å². The second-order valence-electron chi connectivity index (χ2n) is 26.8. The second kappa shape index (κ2) is 38.2. The van der Waals surface area contributed by atoms with Gasteiger partial charge in [-0.15, -0.1) is 0 Å². The number of aromatic nitrogens is 3. The van der Waals surface area contributed by atoms with Gasteiger partial charge < -0.3 is 30.2 Å². The molecule has 3 aromatic heterocycles. The number of carbonyl (C=O) groups excluding carboxylic acids is 6. The molecule has 3 aliphatic carbocycles. The molecule has 3 aliphatic rings. The summed E-state index contributed by atoms with van der Waals surface area (Å²) in [6, 6.07) is 28.8. The van der Waals surface area contributed by atoms with Crippen LogP contribution >= 0.6 is 0 Å². The van der Waals surface area contributed by atoms with Gasteiger partial charge in [-0.25, -0.2) is 23.7 Å². The molecule has 3 N–H and O–H groups in total. The topological polar surface area (TPSA) is 205 Å². The molecule has 17 heteroatoms. The van der Waals surface area contributed by atoms with Crippen LogP contribution < -0.4 is 30.2 Å². The molecule has 3 saturated carbocycles. The van der Waals surface area contributed by atoms with Gasteiger partial charge in [-0.3, -0.25) is 28.8 Å². The third-order valence-corrected chi connectivity index (χ3v) is 18.9. The number of amides is 3. The van der Waals surface area contributed by atoms with Crippen molar-refractivity contribution in [1.82, 2.24) is 30.9 Å². The predicted octanol–water partition coefficient (Wildman–Crippen LogP) is 15.3. The van der Waals surface area contributed by atoms with Crippen LogP contribution in [0.3, 0.4) is 0 Å². The van der Waals surface area contributed by atoms with Gasteiger partial charge in [-0.05, 0) is 173 Å². The molecule has 0 aliphatic heterocycles. The highest BCUT2D eigenvalue weighted by molar-refractivity contribution is 5.97. The molecule has 522 valence electrons. The first-order chi connectivity index (χ1) is 47.1. The fourth-order valence-electron chi connectivity index (χ4n) is 12.5. The number of nitrogens with zero attached hydrogens (tertiary/aromatic N) is 3. The maximum atomic E-state index is 14.0. The van der Waals surface area contributed by atoms with Crippen molar-refractivity contribution < 1.29 is 51.8 Å². The smallest absolute Gasteiger partial charge is 0.224 e. The Labute approximate surface area is 578 Å². The van der Waals surface area contributed by atoms with E-state index in [4.69, 9.17) is 14.2 Å². The van der Waals surface area contributed by atoms with Crippen molar-refractivity contribution in [2.75, 3.05) is 42.5 Å². The molecular formula is C81H100F2N6O9. The average molecular weight is 1340 g/mol. The molecule has 0 bridgehead atoms. The summed E-state index contributed by atoms with van der Waals surface area (Å²) in [4.78, 5) is 86.3. The second-order valence-corrected chi connectivity index (χ2v) is 26.8. The van der Waals surface area contributed by atoms with Crippen LogP contribution in [0.25, 0.3) is 18.2 Å². The molecular weight excluding hydrogens is 1240 g/mol. The largest absolute Gasteiger partial charge is 0.495 e. The lowest BCUT2D eigenvalue weighted by Gasteiger charge is -2.29. The number of pyridine rings is 3. The molecule has 3 heterocycles. The van der Waals surface area contributed by atoms with Crippen LogP contribution in [-0.2, 0) is 52.9 Å². The lowest BCUT2D eigenvalue weighted by molar-refractivity contribution is -0.120. The van der Waals surface area contributed by atoms with E-state index in [0.717, 1.165) is 81.7 Å². The third kappa shape index (κ3) is 25.1. The van der Waals surface area contributed by atoms with Gasteiger partial charge in [0, 0.05) is 80.6 Å². The minimum absolute atomic E-state index is 0.00219. The molecule has 6 aromatic rings. The van der Waals surface area contributed by atoms with E-state index in [9.17, 15) is 37.5 Å². The number of aryl methyl sites for hydroxylation is 3. The molecule has 0 spiro atoms. The quantitative estimate of drug-likeness (QED) is 0.0412. The maximum absolute atomic E-state index is 14.0. The molecule has 15 nitrogen and oxygen atoms in total. The van der Waals surface area contributed by atoms with Crippen molar-refractivity contribution in [3.05, 3.63) is 195 Å². The molecule has 9 rings (SSSR count). The van der Waals surface area contributed by atoms with Crippen molar-refractivity contribution in [1.29, 1.82) is 0 Å². The Bertz CT molecular complexity index is 3580. The summed E-state index contributed by atoms with van der Waals surface area (Å²) in [6.45, 7) is 5.67. The van der Waals surface area contributed by atoms with E-state index in [1.165, 1.54) is 25.7 Å². The number of benzene rings is 3. The fourth-order valence-corrected chi connectivity index (χ4v) is 12.5. The minimum atomic E-state index is -1.06. The van der Waals surface area contributed by atoms with Gasteiger partial charge in [0.1, 0.15) is 22.8 Å². The number of nitrogens with one attached hydrogen (secondary N) is 3. The summed E-state index contributed by atoms with van der Waals surface area (Å²) in [6.07, 6.45) is 31.5. The molecule has 98 heavy (non-hydrogen) atoms. The highest BCUT2D eigenvalue weighted by Gasteiger charge is 2.31. The Kier molecular flexibility index (Phi) is 29.8. The number of allylic oxidation sites excluding steroid dienone is 3. The summed E-state index contributed by atoms with van der Waals surface area (Å²) in [5.41, 5.74) is 7.71. The van der Waals surface area contributed by atoms with Gasteiger partial charge in [0.25, 0.3) is 0 Å². The fraction of sp³-hybridized carbons (Fsp3) is 0.444. The highest BCUT2D eigenvalue weighted by Crippen LogP contribution is 2.38. The monoisotopic (exact) mass is 1340 g/mol. The van der Waals surface area contributed by atoms with Crippen molar-refractivity contribution in [3.8, 4) is 17.5 Å². The van der Waals surface area contributed by atoms with Gasteiger partial charge in [-0.2, -0.15) is 0 Å². The van der Waals surface area contributed by atoms with E-state index in [1.807, 2.05) is 97.1 Å². The lowest BCUT2D eigenvalue weighted by atomic mass is 9.81. The first kappa shape index (κ1) is 76.4. The van der Waals surface area contributed by atoms with E-state index in [-0.39, 0.29) is 35.1 Å². The number of halogens is 2. The van der Waals surface area contributed by atoms with Crippen LogP contribution in [-0.4, -0.2) is 104 Å². The number of likely N-dealkylation sites (N-methyl/N-ethyl adjacent to an activating group) is 3. The van der Waals surface area contributed by atoms with Gasteiger partial charge in [-0.1, -0.05) is 129 Å². The van der Waals surface area contributed by atoms with Crippen LogP contribution in [0.2, 0.25) is 0 Å². The standard InChI is InChI=1S/2C27H33FN2O3.C27H34N2O3/c1-27(28)13-11-19(12-14-27)7-9-22-17-23(30-18-25(22)33-3)24(31)10-8-20-5-4-6-21(15-20)16-26(32)29-2;1-27(28)13-11-19(12-14-27)7-9-22-17-23(18-30-26(22)33-3)24(31)10-8-20-5-4-6-21(15-20)16-25(32)29-2;1-19-7-9-20(10-8-19)11-13-23-17-24(18-29-27(23)32-3)25(30)14-12-21-5-4-6-22(15-21)16-26(31)28-2/h2*4-7,9,15,17-19H,8,10-14,16H2,1-3H3,(H,29,32);4-6,11,13,15,17-20H,7-10,12,14,16H2,1-3H3,(H,28,31)/b2*9-7+;13-11+. The predicted molar refractivity (Wildman–Crippen MR) is 384 cm³/mol. The Balaban J connectivity index is 0.000000207. The first-order valence-electron chi connectivity index (χ1n) is 34.6. The number of methoxy groups -OCH3 is 3. The van der Waals surface area contributed by atoms with Gasteiger partial charge >= 0.3 is 0 Å². The number of hydrogen-bond acceptors (Lipinski definition) is 12. The highest BCUT2D eigenvalue weighted by atomic mass is 19.1. The molecule has 0 unspecified atom stereocenters. The van der Waals surface area contributed by atoms with E-state index < -0.39 is 11.3 Å². The lowest BCUT2D eigenvalue weighted by Crippen LogP contribution is -2.25. The normalized spacial score (nSPS) is 19.9. The minimum Gasteiger partial charge on any atom is -0.495 e. The first-order valence-corrected chi connectivity index (χ1v) is 34.6. The zero-order valence-electron chi connectivity index (χ0n) is 58.8. The van der Waals surface area contributed by atoms with Crippen LogP contribution in [0.15, 0.2) is 128 Å². The average Bonchev–Trinajstić information content (AvgIpc) is 0.861. The molecule has 3 fully saturated rings. The zero-order valence-corrected chi connectivity index (χ0v) is 58.8. The number of ketones is 3. The number of Topliss-reactive ketones (excluding diaryl/α,β-unsaturated/α-hetero) is 3. The SMILES string of the molecule is CNC(=O)Cc1cccc(CCC(=O)c2cc(/C=C/C3CCC(C)(F)CC3)c(OC)cn2)c1.CNC(=O)Cc1cccc(CCC(=O)c2cnc(OC)c(/C=C/C3CCC(C)(F)CC3)c2)c1.CNC(=O)Cc1cccc(CCC(=O)c2cnc(OC)c(/C=C/C3CCC(C)CC3)c2)c1. The van der Waals surface area contributed by atoms with E-state index in [1.54, 1.807) is 81.0 Å². The number of alkyl halides is 2. The Morgan fingerprint density at radius 2 is 0.816 bits per heavy atom. The summed E-state index contributed by atoms with van der Waals surface area (Å²) in [5, 5.41) is 7.88. The molecule has 0 radical (unpaired) electrons. The summed E-state index contributed by atoms with van der Waals surface area (Å²) in [5.74, 6) is 3.57.